The molecule has 18 heavy (non-hydrogen) atoms. The fourth-order valence-electron chi connectivity index (χ4n) is 1.68. The second-order valence-electron chi connectivity index (χ2n) is 3.61. The molecule has 4 rings (SSSR count). The van der Waals surface area contributed by atoms with Crippen LogP contribution in [0.5, 0.6) is 0 Å². The largest absolute Gasteiger partial charge is 0.243 e. The Labute approximate surface area is 109 Å². The Morgan fingerprint density at radius 1 is 0.778 bits per heavy atom. The molecular weight excluding hydrogens is 266 g/mol. The molecule has 0 aliphatic carbocycles. The fraction of sp³-hybridized carbons (Fsp3) is 0. The molecule has 86 valence electrons. The number of pyridine rings is 1. The molecule has 0 amide bonds. The summed E-state index contributed by atoms with van der Waals surface area (Å²) >= 11 is 3.00. The predicted molar refractivity (Wildman–Crippen MR) is 71.6 cm³/mol. The van der Waals surface area contributed by atoms with E-state index in [4.69, 9.17) is 0 Å². The second kappa shape index (κ2) is 3.76. The monoisotopic (exact) mass is 271 g/mol. The van der Waals surface area contributed by atoms with Gasteiger partial charge in [0.2, 0.25) is 0 Å². The van der Waals surface area contributed by atoms with Gasteiger partial charge in [-0.3, -0.25) is 0 Å². The Kier molecular flexibility index (Phi) is 2.08. The highest BCUT2D eigenvalue weighted by Crippen LogP contribution is 2.22. The van der Waals surface area contributed by atoms with Crippen molar-refractivity contribution in [1.29, 1.82) is 0 Å². The van der Waals surface area contributed by atoms with Crippen molar-refractivity contribution in [2.75, 3.05) is 0 Å². The van der Waals surface area contributed by atoms with Crippen molar-refractivity contribution in [1.82, 2.24) is 24.9 Å². The highest BCUT2D eigenvalue weighted by Gasteiger charge is 2.07. The third-order valence-corrected chi connectivity index (χ3v) is 3.96. The third-order valence-electron chi connectivity index (χ3n) is 2.52. The quantitative estimate of drug-likeness (QED) is 0.532. The van der Waals surface area contributed by atoms with Crippen LogP contribution in [-0.2, 0) is 0 Å². The fourth-order valence-corrected chi connectivity index (χ4v) is 2.95. The predicted octanol–water partition coefficient (Wildman–Crippen LogP) is 2.76. The van der Waals surface area contributed by atoms with Gasteiger partial charge in [-0.2, -0.15) is 0 Å². The molecule has 0 fully saturated rings. The Morgan fingerprint density at radius 2 is 1.61 bits per heavy atom. The van der Waals surface area contributed by atoms with E-state index in [1.807, 2.05) is 12.1 Å². The lowest BCUT2D eigenvalue weighted by Gasteiger charge is -1.98. The van der Waals surface area contributed by atoms with Crippen LogP contribution >= 0.6 is 22.7 Å². The summed E-state index contributed by atoms with van der Waals surface area (Å²) in [7, 11) is 0. The van der Waals surface area contributed by atoms with E-state index >= 15 is 0 Å². The van der Waals surface area contributed by atoms with E-state index in [-0.39, 0.29) is 0 Å². The normalized spacial score (nSPS) is 11.3. The van der Waals surface area contributed by atoms with Crippen molar-refractivity contribution in [3.05, 3.63) is 29.4 Å². The molecule has 5 nitrogen and oxygen atoms in total. The van der Waals surface area contributed by atoms with Gasteiger partial charge in [0.1, 0.15) is 10.5 Å². The van der Waals surface area contributed by atoms with Gasteiger partial charge in [-0.05, 0) is 12.1 Å². The summed E-state index contributed by atoms with van der Waals surface area (Å²) in [6.45, 7) is 0. The minimum atomic E-state index is 0.683. The van der Waals surface area contributed by atoms with Gasteiger partial charge in [0.05, 0.1) is 28.4 Å². The molecule has 0 aliphatic heterocycles. The maximum Gasteiger partial charge on any atom is 0.189 e. The molecule has 0 atom stereocenters. The molecule has 4 heterocycles. The summed E-state index contributed by atoms with van der Waals surface area (Å²) in [5.74, 6) is 0. The minimum Gasteiger partial charge on any atom is -0.243 e. The van der Waals surface area contributed by atoms with Gasteiger partial charge in [0, 0.05) is 0 Å². The molecule has 0 radical (unpaired) electrons. The molecule has 0 bridgehead atoms. The van der Waals surface area contributed by atoms with Gasteiger partial charge in [-0.15, -0.1) is 22.7 Å². The Hall–Kier alpha value is -1.99. The molecule has 0 N–H and O–H groups in total. The van der Waals surface area contributed by atoms with Gasteiger partial charge < -0.3 is 0 Å². The van der Waals surface area contributed by atoms with E-state index in [1.165, 1.54) is 22.7 Å². The SMILES string of the molecule is c1nc2ccc(-c3cnc4ncsc4n3)nc2s1. The van der Waals surface area contributed by atoms with Crippen LogP contribution in [0.4, 0.5) is 0 Å². The average Bonchev–Trinajstić information content (AvgIpc) is 3.05. The van der Waals surface area contributed by atoms with E-state index in [9.17, 15) is 0 Å². The summed E-state index contributed by atoms with van der Waals surface area (Å²) in [5.41, 5.74) is 6.71. The van der Waals surface area contributed by atoms with Gasteiger partial charge in [0.15, 0.2) is 10.5 Å². The zero-order chi connectivity index (χ0) is 11.9. The number of rotatable bonds is 1. The second-order valence-corrected chi connectivity index (χ2v) is 5.28. The zero-order valence-electron chi connectivity index (χ0n) is 8.94. The van der Waals surface area contributed by atoms with Crippen molar-refractivity contribution >= 4 is 43.5 Å². The minimum absolute atomic E-state index is 0.683. The smallest absolute Gasteiger partial charge is 0.189 e. The maximum absolute atomic E-state index is 4.53. The topological polar surface area (TPSA) is 64.5 Å². The van der Waals surface area contributed by atoms with Crippen LogP contribution in [0, 0.1) is 0 Å². The first kappa shape index (κ1) is 9.98. The lowest BCUT2D eigenvalue weighted by Crippen LogP contribution is -1.89. The van der Waals surface area contributed by atoms with Crippen molar-refractivity contribution in [3.8, 4) is 11.4 Å². The average molecular weight is 271 g/mol. The summed E-state index contributed by atoms with van der Waals surface area (Å²) in [6.07, 6.45) is 1.71. The maximum atomic E-state index is 4.53. The molecule has 0 spiro atoms. The van der Waals surface area contributed by atoms with Gasteiger partial charge >= 0.3 is 0 Å². The standard InChI is InChI=1S/C11H5N5S2/c1-2-7-10(17-4-13-7)15-6(1)8-3-12-9-11(16-8)18-5-14-9/h1-5H. The lowest BCUT2D eigenvalue weighted by atomic mass is 10.3. The molecule has 0 unspecified atom stereocenters. The molecule has 0 saturated heterocycles. The number of thiazole rings is 2. The summed E-state index contributed by atoms with van der Waals surface area (Å²) in [6, 6.07) is 3.87. The molecule has 4 aromatic rings. The summed E-state index contributed by atoms with van der Waals surface area (Å²) < 4.78 is 0. The summed E-state index contributed by atoms with van der Waals surface area (Å²) in [4.78, 5) is 23.4. The summed E-state index contributed by atoms with van der Waals surface area (Å²) in [5, 5.41) is 0. The Morgan fingerprint density at radius 3 is 2.61 bits per heavy atom. The van der Waals surface area contributed by atoms with Gasteiger partial charge in [-0.1, -0.05) is 0 Å². The number of hydrogen-bond acceptors (Lipinski definition) is 7. The molecule has 7 heteroatoms. The number of hydrogen-bond donors (Lipinski definition) is 0. The molecule has 0 saturated carbocycles. The third kappa shape index (κ3) is 1.48. The highest BCUT2D eigenvalue weighted by molar-refractivity contribution is 7.16. The van der Waals surface area contributed by atoms with E-state index in [1.54, 1.807) is 17.2 Å². The number of fused-ring (bicyclic) bond motifs is 2. The molecule has 4 aromatic heterocycles. The van der Waals surface area contributed by atoms with Gasteiger partial charge in [-0.25, -0.2) is 24.9 Å². The lowest BCUT2D eigenvalue weighted by molar-refractivity contribution is 1.24. The van der Waals surface area contributed by atoms with Crippen molar-refractivity contribution < 1.29 is 0 Å². The van der Waals surface area contributed by atoms with Crippen molar-refractivity contribution in [3.63, 3.8) is 0 Å². The first-order valence-corrected chi connectivity index (χ1v) is 6.93. The van der Waals surface area contributed by atoms with E-state index in [0.717, 1.165) is 26.6 Å². The Balaban J connectivity index is 1.93. The number of nitrogens with zero attached hydrogens (tertiary/aromatic N) is 5. The van der Waals surface area contributed by atoms with E-state index in [2.05, 4.69) is 24.9 Å². The van der Waals surface area contributed by atoms with Crippen LogP contribution in [0.1, 0.15) is 0 Å². The van der Waals surface area contributed by atoms with Crippen LogP contribution < -0.4 is 0 Å². The first-order valence-electron chi connectivity index (χ1n) is 5.17. The van der Waals surface area contributed by atoms with Crippen LogP contribution in [0.15, 0.2) is 29.4 Å². The van der Waals surface area contributed by atoms with Gasteiger partial charge in [0.25, 0.3) is 0 Å². The van der Waals surface area contributed by atoms with E-state index < -0.39 is 0 Å². The highest BCUT2D eigenvalue weighted by atomic mass is 32.1. The molecule has 0 aliphatic rings. The first-order chi connectivity index (χ1) is 8.90. The number of aromatic nitrogens is 5. The van der Waals surface area contributed by atoms with E-state index in [0.29, 0.717) is 5.65 Å². The van der Waals surface area contributed by atoms with Crippen molar-refractivity contribution in [2.24, 2.45) is 0 Å². The molecular formula is C11H5N5S2. The van der Waals surface area contributed by atoms with Crippen LogP contribution in [0.25, 0.3) is 32.2 Å². The zero-order valence-corrected chi connectivity index (χ0v) is 10.6. The molecule has 0 aromatic carbocycles. The van der Waals surface area contributed by atoms with Crippen LogP contribution in [-0.4, -0.2) is 24.9 Å². The van der Waals surface area contributed by atoms with Crippen LogP contribution in [0.2, 0.25) is 0 Å². The Bertz CT molecular complexity index is 779. The van der Waals surface area contributed by atoms with Crippen molar-refractivity contribution in [2.45, 2.75) is 0 Å². The van der Waals surface area contributed by atoms with Crippen LogP contribution in [0.3, 0.4) is 0 Å².